The van der Waals surface area contributed by atoms with E-state index in [9.17, 15) is 26.4 Å². The van der Waals surface area contributed by atoms with Gasteiger partial charge in [0.05, 0.1) is 23.0 Å². The maximum absolute atomic E-state index is 12.0. The first kappa shape index (κ1) is 23.1. The highest BCUT2D eigenvalue weighted by molar-refractivity contribution is 7.90. The van der Waals surface area contributed by atoms with Crippen LogP contribution in [0.4, 0.5) is 0 Å². The lowest BCUT2D eigenvalue weighted by Crippen LogP contribution is -2.11. The number of carbonyl (C=O) groups is 2. The summed E-state index contributed by atoms with van der Waals surface area (Å²) >= 11 is 10.4. The number of hydrogen-bond donors (Lipinski definition) is 0. The van der Waals surface area contributed by atoms with Crippen LogP contribution in [-0.2, 0) is 40.8 Å². The van der Waals surface area contributed by atoms with Crippen LogP contribution >= 0.6 is 23.2 Å². The molecule has 0 aliphatic carbocycles. The molecule has 0 fully saturated rings. The van der Waals surface area contributed by atoms with Gasteiger partial charge in [-0.2, -0.15) is 0 Å². The molecule has 146 valence electrons. The van der Waals surface area contributed by atoms with Crippen molar-refractivity contribution < 1.29 is 26.4 Å². The second-order valence-corrected chi connectivity index (χ2v) is 11.1. The Kier molecular flexibility index (Phi) is 9.23. The Morgan fingerprint density at radius 1 is 0.692 bits per heavy atom. The fourth-order valence-electron chi connectivity index (χ4n) is 2.25. The van der Waals surface area contributed by atoms with E-state index >= 15 is 0 Å². The second kappa shape index (κ2) is 10.4. The molecular weight excluding hydrogens is 423 g/mol. The van der Waals surface area contributed by atoms with E-state index in [0.29, 0.717) is 11.1 Å². The monoisotopic (exact) mass is 442 g/mol. The van der Waals surface area contributed by atoms with Crippen LogP contribution < -0.4 is 0 Å². The standard InChI is InChI=1S/C16H20Cl2O6S2/c17-15(19)3-1-9-25(21,22)11-13-5-7-14(8-6-13)12-26(23,24)10-2-4-16(18)20/h5-8H,1-4,9-12H2. The van der Waals surface area contributed by atoms with Gasteiger partial charge in [0.15, 0.2) is 19.7 Å². The fourth-order valence-corrected chi connectivity index (χ4v) is 5.37. The van der Waals surface area contributed by atoms with Gasteiger partial charge >= 0.3 is 0 Å². The van der Waals surface area contributed by atoms with E-state index in [4.69, 9.17) is 23.2 Å². The molecule has 0 saturated carbocycles. The minimum atomic E-state index is -3.37. The average Bonchev–Trinajstić information content (AvgIpc) is 2.47. The van der Waals surface area contributed by atoms with Gasteiger partial charge in [-0.15, -0.1) is 0 Å². The molecular formula is C16H20Cl2O6S2. The smallest absolute Gasteiger partial charge is 0.221 e. The Labute approximate surface area is 163 Å². The summed E-state index contributed by atoms with van der Waals surface area (Å²) in [6, 6.07) is 6.27. The number of hydrogen-bond acceptors (Lipinski definition) is 6. The highest BCUT2D eigenvalue weighted by Crippen LogP contribution is 2.14. The van der Waals surface area contributed by atoms with E-state index < -0.39 is 30.2 Å². The van der Waals surface area contributed by atoms with Crippen molar-refractivity contribution >= 4 is 53.4 Å². The van der Waals surface area contributed by atoms with E-state index in [0.717, 1.165) is 0 Å². The number of carbonyl (C=O) groups excluding carboxylic acids is 2. The highest BCUT2D eigenvalue weighted by atomic mass is 35.5. The molecule has 1 rings (SSSR count). The summed E-state index contributed by atoms with van der Waals surface area (Å²) in [5, 5.41) is -1.14. The Morgan fingerprint density at radius 2 is 1.00 bits per heavy atom. The van der Waals surface area contributed by atoms with Crippen LogP contribution in [0.5, 0.6) is 0 Å². The maximum atomic E-state index is 12.0. The highest BCUT2D eigenvalue weighted by Gasteiger charge is 2.15. The molecule has 10 heteroatoms. The Balaban J connectivity index is 2.60. The van der Waals surface area contributed by atoms with Crippen molar-refractivity contribution in [3.05, 3.63) is 35.4 Å². The molecule has 0 amide bonds. The summed E-state index contributed by atoms with van der Waals surface area (Å²) in [5.74, 6) is -0.648. The van der Waals surface area contributed by atoms with Gasteiger partial charge in [-0.05, 0) is 47.2 Å². The minimum Gasteiger partial charge on any atom is -0.281 e. The van der Waals surface area contributed by atoms with E-state index in [1.807, 2.05) is 0 Å². The number of halogens is 2. The summed E-state index contributed by atoms with van der Waals surface area (Å²) in [6.07, 6.45) is 0.359. The third-order valence-electron chi connectivity index (χ3n) is 3.45. The SMILES string of the molecule is O=C(Cl)CCCS(=O)(=O)Cc1ccc(CS(=O)(=O)CCCC(=O)Cl)cc1. The zero-order valence-electron chi connectivity index (χ0n) is 14.0. The molecule has 0 N–H and O–H groups in total. The van der Waals surface area contributed by atoms with Crippen molar-refractivity contribution in [2.24, 2.45) is 0 Å². The van der Waals surface area contributed by atoms with Gasteiger partial charge < -0.3 is 0 Å². The molecule has 0 atom stereocenters. The van der Waals surface area contributed by atoms with Crippen LogP contribution in [0.1, 0.15) is 36.8 Å². The van der Waals surface area contributed by atoms with Crippen LogP contribution in [-0.4, -0.2) is 38.8 Å². The maximum Gasteiger partial charge on any atom is 0.221 e. The van der Waals surface area contributed by atoms with Gasteiger partial charge in [0, 0.05) is 12.8 Å². The van der Waals surface area contributed by atoms with Gasteiger partial charge in [-0.25, -0.2) is 16.8 Å². The number of benzene rings is 1. The molecule has 1 aromatic rings. The van der Waals surface area contributed by atoms with Crippen LogP contribution in [0, 0.1) is 0 Å². The largest absolute Gasteiger partial charge is 0.281 e. The van der Waals surface area contributed by atoms with Crippen molar-refractivity contribution in [3.63, 3.8) is 0 Å². The summed E-state index contributed by atoms with van der Waals surface area (Å²) < 4.78 is 47.9. The first-order chi connectivity index (χ1) is 12.0. The molecule has 0 spiro atoms. The molecule has 6 nitrogen and oxygen atoms in total. The topological polar surface area (TPSA) is 102 Å². The summed E-state index contributed by atoms with van der Waals surface area (Å²) in [5.41, 5.74) is 1.08. The lowest BCUT2D eigenvalue weighted by Gasteiger charge is -2.07. The fraction of sp³-hybridized carbons (Fsp3) is 0.500. The van der Waals surface area contributed by atoms with Crippen LogP contribution in [0.3, 0.4) is 0 Å². The van der Waals surface area contributed by atoms with Crippen molar-refractivity contribution in [1.82, 2.24) is 0 Å². The van der Waals surface area contributed by atoms with Gasteiger partial charge in [0.25, 0.3) is 0 Å². The Hall–Kier alpha value is -0.960. The Bertz CT molecular complexity index is 759. The Morgan fingerprint density at radius 3 is 1.27 bits per heavy atom. The van der Waals surface area contributed by atoms with Crippen molar-refractivity contribution in [2.45, 2.75) is 37.2 Å². The van der Waals surface area contributed by atoms with E-state index in [1.165, 1.54) is 0 Å². The number of rotatable bonds is 12. The predicted octanol–water partition coefficient (Wildman–Crippen LogP) is 2.61. The van der Waals surface area contributed by atoms with Gasteiger partial charge in [0.1, 0.15) is 0 Å². The van der Waals surface area contributed by atoms with Crippen LogP contribution in [0.2, 0.25) is 0 Å². The van der Waals surface area contributed by atoms with Crippen molar-refractivity contribution in [3.8, 4) is 0 Å². The summed E-state index contributed by atoms with van der Waals surface area (Å²) in [6.45, 7) is 0. The molecule has 0 aliphatic heterocycles. The minimum absolute atomic E-state index is 0.00684. The van der Waals surface area contributed by atoms with Gasteiger partial charge in [-0.1, -0.05) is 24.3 Å². The lowest BCUT2D eigenvalue weighted by molar-refractivity contribution is -0.112. The molecule has 0 radical (unpaired) electrons. The predicted molar refractivity (Wildman–Crippen MR) is 102 cm³/mol. The molecule has 1 aromatic carbocycles. The van der Waals surface area contributed by atoms with Crippen molar-refractivity contribution in [1.29, 1.82) is 0 Å². The molecule has 0 unspecified atom stereocenters. The zero-order valence-corrected chi connectivity index (χ0v) is 17.1. The number of sulfone groups is 2. The molecule has 26 heavy (non-hydrogen) atoms. The quantitative estimate of drug-likeness (QED) is 0.460. The molecule has 0 aliphatic rings. The average molecular weight is 443 g/mol. The normalized spacial score (nSPS) is 12.1. The third-order valence-corrected chi connectivity index (χ3v) is 7.20. The lowest BCUT2D eigenvalue weighted by atomic mass is 10.2. The first-order valence-corrected chi connectivity index (χ1v) is 12.2. The van der Waals surface area contributed by atoms with E-state index in [1.54, 1.807) is 24.3 Å². The van der Waals surface area contributed by atoms with Crippen molar-refractivity contribution in [2.75, 3.05) is 11.5 Å². The summed E-state index contributed by atoms with van der Waals surface area (Å²) in [4.78, 5) is 21.3. The van der Waals surface area contributed by atoms with E-state index in [2.05, 4.69) is 0 Å². The molecule has 0 heterocycles. The van der Waals surface area contributed by atoms with Crippen LogP contribution in [0.25, 0.3) is 0 Å². The molecule has 0 aromatic heterocycles. The van der Waals surface area contributed by atoms with Gasteiger partial charge in [0.2, 0.25) is 10.5 Å². The summed E-state index contributed by atoms with van der Waals surface area (Å²) in [7, 11) is -6.74. The molecule has 0 bridgehead atoms. The third kappa shape index (κ3) is 10.3. The van der Waals surface area contributed by atoms with Crippen LogP contribution in [0.15, 0.2) is 24.3 Å². The van der Waals surface area contributed by atoms with E-state index in [-0.39, 0.29) is 48.7 Å². The van der Waals surface area contributed by atoms with Gasteiger partial charge in [-0.3, -0.25) is 9.59 Å². The first-order valence-electron chi connectivity index (χ1n) is 7.84. The second-order valence-electron chi connectivity index (χ2n) is 5.92. The zero-order chi connectivity index (χ0) is 19.8. The molecule has 0 saturated heterocycles.